The second-order valence-electron chi connectivity index (χ2n) is 5.37. The predicted octanol–water partition coefficient (Wildman–Crippen LogP) is 2.17. The predicted molar refractivity (Wildman–Crippen MR) is 78.8 cm³/mol. The van der Waals surface area contributed by atoms with Crippen molar-refractivity contribution in [2.45, 2.75) is 44.9 Å². The molecule has 0 amide bonds. The highest BCUT2D eigenvalue weighted by Crippen LogP contribution is 2.29. The zero-order valence-corrected chi connectivity index (χ0v) is 11.8. The van der Waals surface area contributed by atoms with E-state index in [-0.39, 0.29) is 12.1 Å². The Morgan fingerprint density at radius 3 is 3.10 bits per heavy atom. The van der Waals surface area contributed by atoms with Gasteiger partial charge >= 0.3 is 0 Å². The first-order valence-corrected chi connectivity index (χ1v) is 7.28. The minimum absolute atomic E-state index is 0.0274. The second-order valence-corrected chi connectivity index (χ2v) is 5.37. The van der Waals surface area contributed by atoms with E-state index < -0.39 is 0 Å². The molecule has 2 aromatic rings. The van der Waals surface area contributed by atoms with Gasteiger partial charge in [0.15, 0.2) is 0 Å². The van der Waals surface area contributed by atoms with Gasteiger partial charge in [0.25, 0.3) is 0 Å². The molecule has 1 aromatic heterocycles. The molecule has 0 spiro atoms. The maximum atomic E-state index is 6.34. The summed E-state index contributed by atoms with van der Waals surface area (Å²) in [6.45, 7) is 3.16. The van der Waals surface area contributed by atoms with Crippen LogP contribution in [0.2, 0.25) is 0 Å². The lowest BCUT2D eigenvalue weighted by Gasteiger charge is -2.19. The maximum absolute atomic E-state index is 6.34. The second kappa shape index (κ2) is 5.67. The fourth-order valence-corrected chi connectivity index (χ4v) is 2.76. The molecule has 2 N–H and O–H groups in total. The van der Waals surface area contributed by atoms with E-state index in [0.29, 0.717) is 0 Å². The van der Waals surface area contributed by atoms with E-state index in [9.17, 15) is 0 Å². The summed E-state index contributed by atoms with van der Waals surface area (Å²) in [5.74, 6) is 2.03. The molecule has 3 rings (SSSR count). The van der Waals surface area contributed by atoms with E-state index >= 15 is 0 Å². The summed E-state index contributed by atoms with van der Waals surface area (Å²) in [7, 11) is 0. The van der Waals surface area contributed by atoms with E-state index in [4.69, 9.17) is 10.5 Å². The smallest absolute Gasteiger partial charge is 0.123 e. The van der Waals surface area contributed by atoms with Gasteiger partial charge in [-0.15, -0.1) is 0 Å². The van der Waals surface area contributed by atoms with Gasteiger partial charge in [0.1, 0.15) is 17.7 Å². The van der Waals surface area contributed by atoms with Crippen molar-refractivity contribution in [1.82, 2.24) is 9.55 Å². The normalized spacial score (nSPS) is 18.6. The summed E-state index contributed by atoms with van der Waals surface area (Å²) < 4.78 is 8.14. The molecule has 0 bridgehead atoms. The van der Waals surface area contributed by atoms with Crippen LogP contribution in [-0.2, 0) is 19.4 Å². The quantitative estimate of drug-likeness (QED) is 0.906. The number of hydrogen-bond acceptors (Lipinski definition) is 3. The molecule has 1 aromatic carbocycles. The van der Waals surface area contributed by atoms with Gasteiger partial charge in [-0.05, 0) is 18.1 Å². The monoisotopic (exact) mass is 271 g/mol. The van der Waals surface area contributed by atoms with Crippen molar-refractivity contribution in [3.05, 3.63) is 48.0 Å². The average molecular weight is 271 g/mol. The number of para-hydroxylation sites is 1. The van der Waals surface area contributed by atoms with Gasteiger partial charge in [-0.2, -0.15) is 0 Å². The molecule has 4 heteroatoms. The summed E-state index contributed by atoms with van der Waals surface area (Å²) in [5.41, 5.74) is 7.59. The molecular formula is C16H21N3O. The Bertz CT molecular complexity index is 554. The summed E-state index contributed by atoms with van der Waals surface area (Å²) in [5, 5.41) is 0. The van der Waals surface area contributed by atoms with E-state index in [1.807, 2.05) is 30.6 Å². The van der Waals surface area contributed by atoms with Gasteiger partial charge in [0.2, 0.25) is 0 Å². The highest BCUT2D eigenvalue weighted by Gasteiger charge is 2.28. The summed E-state index contributed by atoms with van der Waals surface area (Å²) in [4.78, 5) is 4.42. The fourth-order valence-electron chi connectivity index (χ4n) is 2.76. The average Bonchev–Trinajstić information content (AvgIpc) is 3.06. The largest absolute Gasteiger partial charge is 0.488 e. The van der Waals surface area contributed by atoms with Crippen LogP contribution in [0.5, 0.6) is 5.75 Å². The van der Waals surface area contributed by atoms with Crippen molar-refractivity contribution in [2.75, 3.05) is 0 Å². The third kappa shape index (κ3) is 2.56. The molecule has 0 saturated heterocycles. The van der Waals surface area contributed by atoms with E-state index in [0.717, 1.165) is 37.4 Å². The number of aromatic nitrogens is 2. The molecule has 0 saturated carbocycles. The SMILES string of the molecule is CCCn1ccnc1CC(N)C1Cc2ccccc2O1. The third-order valence-electron chi connectivity index (χ3n) is 3.83. The highest BCUT2D eigenvalue weighted by molar-refractivity contribution is 5.37. The number of ether oxygens (including phenoxy) is 1. The van der Waals surface area contributed by atoms with Gasteiger partial charge in [-0.25, -0.2) is 4.98 Å². The zero-order valence-electron chi connectivity index (χ0n) is 11.8. The number of fused-ring (bicyclic) bond motifs is 1. The minimum atomic E-state index is -0.0274. The number of aryl methyl sites for hydroxylation is 1. The lowest BCUT2D eigenvalue weighted by molar-refractivity contribution is 0.196. The lowest BCUT2D eigenvalue weighted by atomic mass is 10.0. The van der Waals surface area contributed by atoms with Crippen LogP contribution in [0, 0.1) is 0 Å². The molecule has 20 heavy (non-hydrogen) atoms. The van der Waals surface area contributed by atoms with Crippen LogP contribution in [-0.4, -0.2) is 21.7 Å². The van der Waals surface area contributed by atoms with E-state index in [1.165, 1.54) is 5.56 Å². The highest BCUT2D eigenvalue weighted by atomic mass is 16.5. The summed E-state index contributed by atoms with van der Waals surface area (Å²) in [6, 6.07) is 8.14. The zero-order chi connectivity index (χ0) is 13.9. The number of imidazole rings is 1. The van der Waals surface area contributed by atoms with Crippen molar-refractivity contribution >= 4 is 0 Å². The first-order valence-electron chi connectivity index (χ1n) is 7.28. The van der Waals surface area contributed by atoms with Crippen LogP contribution in [0.3, 0.4) is 0 Å². The molecule has 2 unspecified atom stereocenters. The molecule has 1 aliphatic rings. The Balaban J connectivity index is 1.66. The number of benzene rings is 1. The molecule has 0 aliphatic carbocycles. The van der Waals surface area contributed by atoms with Crippen LogP contribution in [0.15, 0.2) is 36.7 Å². The Morgan fingerprint density at radius 2 is 2.30 bits per heavy atom. The van der Waals surface area contributed by atoms with Crippen LogP contribution in [0.25, 0.3) is 0 Å². The first kappa shape index (κ1) is 13.2. The number of nitrogens with two attached hydrogens (primary N) is 1. The van der Waals surface area contributed by atoms with Gasteiger partial charge in [0, 0.05) is 37.8 Å². The van der Waals surface area contributed by atoms with E-state index in [1.54, 1.807) is 0 Å². The van der Waals surface area contributed by atoms with Crippen LogP contribution < -0.4 is 10.5 Å². The Hall–Kier alpha value is -1.81. The summed E-state index contributed by atoms with van der Waals surface area (Å²) in [6.07, 6.45) is 6.68. The molecule has 2 heterocycles. The molecule has 4 nitrogen and oxygen atoms in total. The first-order chi connectivity index (χ1) is 9.78. The summed E-state index contributed by atoms with van der Waals surface area (Å²) >= 11 is 0. The number of hydrogen-bond donors (Lipinski definition) is 1. The van der Waals surface area contributed by atoms with E-state index in [2.05, 4.69) is 22.5 Å². The third-order valence-corrected chi connectivity index (χ3v) is 3.83. The lowest BCUT2D eigenvalue weighted by Crippen LogP contribution is -2.40. The molecule has 0 radical (unpaired) electrons. The minimum Gasteiger partial charge on any atom is -0.488 e. The molecular weight excluding hydrogens is 250 g/mol. The standard InChI is InChI=1S/C16H21N3O/c1-2-8-19-9-7-18-16(19)11-13(17)15-10-12-5-3-4-6-14(12)20-15/h3-7,9,13,15H,2,8,10-11,17H2,1H3. The molecule has 1 aliphatic heterocycles. The molecule has 106 valence electrons. The van der Waals surface area contributed by atoms with Crippen molar-refractivity contribution in [3.8, 4) is 5.75 Å². The van der Waals surface area contributed by atoms with Crippen LogP contribution in [0.4, 0.5) is 0 Å². The van der Waals surface area contributed by atoms with Crippen LogP contribution in [0.1, 0.15) is 24.7 Å². The van der Waals surface area contributed by atoms with Crippen LogP contribution >= 0.6 is 0 Å². The van der Waals surface area contributed by atoms with Gasteiger partial charge in [0.05, 0.1) is 0 Å². The molecule has 0 fully saturated rings. The topological polar surface area (TPSA) is 53.1 Å². The number of rotatable bonds is 5. The Morgan fingerprint density at radius 1 is 1.45 bits per heavy atom. The maximum Gasteiger partial charge on any atom is 0.123 e. The fraction of sp³-hybridized carbons (Fsp3) is 0.438. The Labute approximate surface area is 119 Å². The molecule has 2 atom stereocenters. The Kier molecular flexibility index (Phi) is 3.74. The van der Waals surface area contributed by atoms with Crippen molar-refractivity contribution < 1.29 is 4.74 Å². The van der Waals surface area contributed by atoms with Crippen molar-refractivity contribution in [2.24, 2.45) is 5.73 Å². The number of nitrogens with zero attached hydrogens (tertiary/aromatic N) is 2. The van der Waals surface area contributed by atoms with Crippen molar-refractivity contribution in [3.63, 3.8) is 0 Å². The van der Waals surface area contributed by atoms with Gasteiger partial charge in [-0.1, -0.05) is 25.1 Å². The van der Waals surface area contributed by atoms with Crippen molar-refractivity contribution in [1.29, 1.82) is 0 Å². The van der Waals surface area contributed by atoms with Gasteiger partial charge < -0.3 is 15.0 Å². The van der Waals surface area contributed by atoms with Gasteiger partial charge in [-0.3, -0.25) is 0 Å².